The lowest BCUT2D eigenvalue weighted by Crippen LogP contribution is -2.32. The van der Waals surface area contributed by atoms with Gasteiger partial charge in [-0.15, -0.1) is 0 Å². The summed E-state index contributed by atoms with van der Waals surface area (Å²) in [5.74, 6) is 0. The number of nitrogens with zero attached hydrogens (tertiary/aromatic N) is 3. The highest BCUT2D eigenvalue weighted by atomic mass is 16.3. The molecule has 0 saturated carbocycles. The van der Waals surface area contributed by atoms with Crippen LogP contribution in [0.1, 0.15) is 19.0 Å². The first-order chi connectivity index (χ1) is 8.17. The zero-order valence-corrected chi connectivity index (χ0v) is 11.1. The van der Waals surface area contributed by atoms with Gasteiger partial charge >= 0.3 is 0 Å². The Morgan fingerprint density at radius 3 is 2.59 bits per heavy atom. The van der Waals surface area contributed by atoms with E-state index in [1.807, 2.05) is 12.1 Å². The van der Waals surface area contributed by atoms with Crippen LogP contribution in [0.25, 0.3) is 0 Å². The zero-order chi connectivity index (χ0) is 12.7. The third-order valence-electron chi connectivity index (χ3n) is 2.64. The fraction of sp³-hybridized carbons (Fsp3) is 0.615. The molecular formula is C13H23N3O. The van der Waals surface area contributed by atoms with Crippen molar-refractivity contribution in [3.8, 4) is 0 Å². The molecule has 1 aromatic rings. The van der Waals surface area contributed by atoms with Crippen molar-refractivity contribution in [2.24, 2.45) is 0 Å². The third kappa shape index (κ3) is 4.71. The fourth-order valence-corrected chi connectivity index (χ4v) is 1.71. The van der Waals surface area contributed by atoms with Crippen molar-refractivity contribution in [2.45, 2.75) is 20.0 Å². The summed E-state index contributed by atoms with van der Waals surface area (Å²) in [7, 11) is 4.16. The molecule has 0 aliphatic carbocycles. The Hall–Kier alpha value is -1.13. The number of hydrogen-bond donors (Lipinski definition) is 1. The molecule has 0 bridgehead atoms. The van der Waals surface area contributed by atoms with Gasteiger partial charge < -0.3 is 14.9 Å². The number of aliphatic hydroxyl groups is 1. The highest BCUT2D eigenvalue weighted by Gasteiger charge is 2.06. The topological polar surface area (TPSA) is 39.6 Å². The molecule has 1 rings (SSSR count). The maximum atomic E-state index is 9.10. The Morgan fingerprint density at radius 1 is 1.24 bits per heavy atom. The number of hydrogen-bond acceptors (Lipinski definition) is 4. The number of anilines is 1. The quantitative estimate of drug-likeness (QED) is 0.777. The minimum Gasteiger partial charge on any atom is -0.390 e. The summed E-state index contributed by atoms with van der Waals surface area (Å²) in [6.45, 7) is 5.23. The second kappa shape index (κ2) is 7.25. The Balaban J connectivity index is 2.73. The van der Waals surface area contributed by atoms with Crippen LogP contribution in [0, 0.1) is 0 Å². The summed E-state index contributed by atoms with van der Waals surface area (Å²) >= 11 is 0. The molecule has 0 fully saturated rings. The van der Waals surface area contributed by atoms with Crippen LogP contribution in [0.15, 0.2) is 18.3 Å². The smallest absolute Gasteiger partial charge is 0.0853 e. The van der Waals surface area contributed by atoms with E-state index in [0.717, 1.165) is 37.4 Å². The first-order valence-corrected chi connectivity index (χ1v) is 6.12. The van der Waals surface area contributed by atoms with E-state index < -0.39 is 0 Å². The Labute approximate surface area is 104 Å². The average Bonchev–Trinajstić information content (AvgIpc) is 2.34. The lowest BCUT2D eigenvalue weighted by atomic mass is 10.2. The minimum absolute atomic E-state index is 0.00147. The second-order valence-electron chi connectivity index (χ2n) is 4.45. The van der Waals surface area contributed by atoms with Gasteiger partial charge in [0.15, 0.2) is 0 Å². The third-order valence-corrected chi connectivity index (χ3v) is 2.64. The van der Waals surface area contributed by atoms with Crippen molar-refractivity contribution < 1.29 is 5.11 Å². The van der Waals surface area contributed by atoms with Crippen molar-refractivity contribution in [3.05, 3.63) is 24.0 Å². The molecule has 0 spiro atoms. The summed E-state index contributed by atoms with van der Waals surface area (Å²) in [4.78, 5) is 8.62. The summed E-state index contributed by atoms with van der Waals surface area (Å²) in [5, 5.41) is 9.10. The number of pyridine rings is 1. The number of rotatable bonds is 7. The predicted molar refractivity (Wildman–Crippen MR) is 71.2 cm³/mol. The Bertz CT molecular complexity index is 328. The molecule has 1 N–H and O–H groups in total. The highest BCUT2D eigenvalue weighted by molar-refractivity contribution is 5.46. The summed E-state index contributed by atoms with van der Waals surface area (Å²) in [6, 6.07) is 3.97. The number of aliphatic hydroxyl groups excluding tert-OH is 1. The van der Waals surface area contributed by atoms with Gasteiger partial charge in [-0.1, -0.05) is 6.92 Å². The predicted octanol–water partition coefficient (Wildman–Crippen LogP) is 1.35. The van der Waals surface area contributed by atoms with Crippen LogP contribution in [0.5, 0.6) is 0 Å². The zero-order valence-electron chi connectivity index (χ0n) is 11.1. The molecule has 0 unspecified atom stereocenters. The lowest BCUT2D eigenvalue weighted by Gasteiger charge is -2.26. The molecule has 0 aliphatic heterocycles. The first kappa shape index (κ1) is 13.9. The normalized spacial score (nSPS) is 10.9. The van der Waals surface area contributed by atoms with Crippen LogP contribution in [0.3, 0.4) is 0 Å². The van der Waals surface area contributed by atoms with E-state index in [2.05, 4.69) is 35.8 Å². The average molecular weight is 237 g/mol. The van der Waals surface area contributed by atoms with Crippen molar-refractivity contribution in [1.29, 1.82) is 0 Å². The van der Waals surface area contributed by atoms with E-state index in [9.17, 15) is 0 Å². The van der Waals surface area contributed by atoms with Crippen molar-refractivity contribution >= 4 is 5.69 Å². The van der Waals surface area contributed by atoms with Gasteiger partial charge in [-0.2, -0.15) is 0 Å². The molecule has 4 heteroatoms. The number of aromatic nitrogens is 1. The van der Waals surface area contributed by atoms with Gasteiger partial charge in [-0.25, -0.2) is 0 Å². The standard InChI is InChI=1S/C13H23N3O/c1-4-7-16(9-8-15(2)3)13-5-6-14-12(10-13)11-17/h5-6,10,17H,4,7-9,11H2,1-3H3. The minimum atomic E-state index is 0.00147. The van der Waals surface area contributed by atoms with Crippen LogP contribution < -0.4 is 4.90 Å². The van der Waals surface area contributed by atoms with Crippen molar-refractivity contribution in [2.75, 3.05) is 38.6 Å². The monoisotopic (exact) mass is 237 g/mol. The van der Waals surface area contributed by atoms with E-state index in [1.165, 1.54) is 0 Å². The van der Waals surface area contributed by atoms with Crippen LogP contribution in [0.2, 0.25) is 0 Å². The van der Waals surface area contributed by atoms with Crippen LogP contribution in [-0.2, 0) is 6.61 Å². The molecule has 0 amide bonds. The maximum Gasteiger partial charge on any atom is 0.0853 e. The molecule has 0 radical (unpaired) electrons. The molecule has 0 saturated heterocycles. The molecule has 17 heavy (non-hydrogen) atoms. The van der Waals surface area contributed by atoms with Gasteiger partial charge in [0.1, 0.15) is 0 Å². The summed E-state index contributed by atoms with van der Waals surface area (Å²) < 4.78 is 0. The molecule has 0 aromatic carbocycles. The summed E-state index contributed by atoms with van der Waals surface area (Å²) in [6.07, 6.45) is 2.88. The first-order valence-electron chi connectivity index (χ1n) is 6.12. The van der Waals surface area contributed by atoms with E-state index in [-0.39, 0.29) is 6.61 Å². The van der Waals surface area contributed by atoms with Gasteiger partial charge in [-0.3, -0.25) is 4.98 Å². The van der Waals surface area contributed by atoms with Crippen LogP contribution in [0.4, 0.5) is 5.69 Å². The van der Waals surface area contributed by atoms with E-state index >= 15 is 0 Å². The molecular weight excluding hydrogens is 214 g/mol. The van der Waals surface area contributed by atoms with E-state index in [0.29, 0.717) is 0 Å². The van der Waals surface area contributed by atoms with Gasteiger partial charge in [0, 0.05) is 31.5 Å². The molecule has 4 nitrogen and oxygen atoms in total. The Morgan fingerprint density at radius 2 is 2.00 bits per heavy atom. The van der Waals surface area contributed by atoms with Crippen LogP contribution >= 0.6 is 0 Å². The summed E-state index contributed by atoms with van der Waals surface area (Å²) in [5.41, 5.74) is 1.88. The van der Waals surface area contributed by atoms with Gasteiger partial charge in [0.25, 0.3) is 0 Å². The molecule has 1 heterocycles. The largest absolute Gasteiger partial charge is 0.390 e. The van der Waals surface area contributed by atoms with Gasteiger partial charge in [-0.05, 0) is 32.6 Å². The van der Waals surface area contributed by atoms with Gasteiger partial charge in [0.2, 0.25) is 0 Å². The van der Waals surface area contributed by atoms with Crippen molar-refractivity contribution in [3.63, 3.8) is 0 Å². The molecule has 1 aromatic heterocycles. The van der Waals surface area contributed by atoms with Crippen LogP contribution in [-0.4, -0.2) is 48.7 Å². The Kier molecular flexibility index (Phi) is 5.94. The lowest BCUT2D eigenvalue weighted by molar-refractivity contribution is 0.277. The van der Waals surface area contributed by atoms with Gasteiger partial charge in [0.05, 0.1) is 12.3 Å². The molecule has 96 valence electrons. The molecule has 0 aliphatic rings. The highest BCUT2D eigenvalue weighted by Crippen LogP contribution is 2.14. The molecule has 0 atom stereocenters. The maximum absolute atomic E-state index is 9.10. The SMILES string of the molecule is CCCN(CCN(C)C)c1ccnc(CO)c1. The van der Waals surface area contributed by atoms with Crippen molar-refractivity contribution in [1.82, 2.24) is 9.88 Å². The fourth-order valence-electron chi connectivity index (χ4n) is 1.71. The van der Waals surface area contributed by atoms with E-state index in [4.69, 9.17) is 5.11 Å². The number of likely N-dealkylation sites (N-methyl/N-ethyl adjacent to an activating group) is 1. The second-order valence-corrected chi connectivity index (χ2v) is 4.45. The van der Waals surface area contributed by atoms with E-state index in [1.54, 1.807) is 6.20 Å².